The summed E-state index contributed by atoms with van der Waals surface area (Å²) in [6, 6.07) is 0. The molecule has 2 nitrogen and oxygen atoms in total. The Morgan fingerprint density at radius 3 is 2.10 bits per heavy atom. The molecule has 0 saturated carbocycles. The largest absolute Gasteiger partial charge is 0.300 e. The lowest BCUT2D eigenvalue weighted by Crippen LogP contribution is -2.11. The van der Waals surface area contributed by atoms with Gasteiger partial charge >= 0.3 is 0 Å². The zero-order valence-electron chi connectivity index (χ0n) is 6.26. The minimum absolute atomic E-state index is 0.0502. The van der Waals surface area contributed by atoms with Crippen molar-refractivity contribution in [1.82, 2.24) is 0 Å². The summed E-state index contributed by atoms with van der Waals surface area (Å²) in [5.41, 5.74) is 0. The fourth-order valence-corrected chi connectivity index (χ4v) is 1.03. The van der Waals surface area contributed by atoms with Crippen LogP contribution in [0.4, 0.5) is 0 Å². The lowest BCUT2D eigenvalue weighted by atomic mass is 10.0. The second-order valence-electron chi connectivity index (χ2n) is 2.35. The molecule has 0 saturated heterocycles. The maximum Gasteiger partial charge on any atom is 0.189 e. The molecule has 0 aromatic rings. The molecule has 3 heteroatoms. The molecule has 0 aromatic heterocycles. The fourth-order valence-electron chi connectivity index (χ4n) is 0.753. The van der Waals surface area contributed by atoms with Gasteiger partial charge in [-0.2, -0.15) is 0 Å². The maximum atomic E-state index is 10.6. The summed E-state index contributed by atoms with van der Waals surface area (Å²) >= 11 is 3.66. The van der Waals surface area contributed by atoms with Crippen LogP contribution in [0.5, 0.6) is 0 Å². The molecular formula is C7H12O2S. The van der Waals surface area contributed by atoms with Crippen molar-refractivity contribution in [1.29, 1.82) is 0 Å². The van der Waals surface area contributed by atoms with E-state index >= 15 is 0 Å². The molecular weight excluding hydrogens is 148 g/mol. The summed E-state index contributed by atoms with van der Waals surface area (Å²) in [5, 5.41) is -0.183. The van der Waals surface area contributed by atoms with Crippen LogP contribution in [0.15, 0.2) is 0 Å². The number of thiol groups is 1. The predicted molar refractivity (Wildman–Crippen MR) is 43.1 cm³/mol. The normalized spacial score (nSPS) is 12.7. The van der Waals surface area contributed by atoms with Gasteiger partial charge in [-0.3, -0.25) is 4.79 Å². The SMILES string of the molecule is CCC(CC(C)=O)C(=O)S. The average molecular weight is 160 g/mol. The molecule has 0 N–H and O–H groups in total. The molecule has 0 aromatic carbocycles. The first kappa shape index (κ1) is 9.69. The van der Waals surface area contributed by atoms with E-state index < -0.39 is 0 Å². The number of Topliss-reactive ketones (excluding diaryl/α,β-unsaturated/α-hetero) is 1. The number of carbonyl (C=O) groups excluding carboxylic acids is 2. The lowest BCUT2D eigenvalue weighted by molar-refractivity contribution is -0.122. The van der Waals surface area contributed by atoms with Crippen molar-refractivity contribution in [3.8, 4) is 0 Å². The Morgan fingerprint density at radius 2 is 2.00 bits per heavy atom. The molecule has 1 unspecified atom stereocenters. The minimum atomic E-state index is -0.183. The highest BCUT2D eigenvalue weighted by atomic mass is 32.1. The second-order valence-corrected chi connectivity index (χ2v) is 2.79. The van der Waals surface area contributed by atoms with Gasteiger partial charge in [-0.1, -0.05) is 6.92 Å². The zero-order valence-corrected chi connectivity index (χ0v) is 7.15. The highest BCUT2D eigenvalue weighted by Gasteiger charge is 2.13. The Bertz CT molecular complexity index is 143. The van der Waals surface area contributed by atoms with Gasteiger partial charge in [-0.15, -0.1) is 12.6 Å². The Morgan fingerprint density at radius 1 is 1.50 bits per heavy atom. The first-order chi connectivity index (χ1) is 4.57. The Labute approximate surface area is 66.4 Å². The van der Waals surface area contributed by atoms with Crippen molar-refractivity contribution in [2.75, 3.05) is 0 Å². The van der Waals surface area contributed by atoms with Gasteiger partial charge in [-0.05, 0) is 13.3 Å². The van der Waals surface area contributed by atoms with E-state index in [0.29, 0.717) is 12.8 Å². The van der Waals surface area contributed by atoms with Gasteiger partial charge in [0.15, 0.2) is 5.12 Å². The van der Waals surface area contributed by atoms with Crippen LogP contribution >= 0.6 is 12.6 Å². The molecule has 10 heavy (non-hydrogen) atoms. The van der Waals surface area contributed by atoms with E-state index in [1.807, 2.05) is 6.92 Å². The smallest absolute Gasteiger partial charge is 0.189 e. The topological polar surface area (TPSA) is 34.1 Å². The molecule has 1 atom stereocenters. The molecule has 0 amide bonds. The number of hydrogen-bond acceptors (Lipinski definition) is 2. The Balaban J connectivity index is 3.83. The van der Waals surface area contributed by atoms with Crippen LogP contribution in [0.2, 0.25) is 0 Å². The summed E-state index contributed by atoms with van der Waals surface area (Å²) in [5.74, 6) is -0.130. The van der Waals surface area contributed by atoms with Crippen molar-refractivity contribution in [2.45, 2.75) is 26.7 Å². The van der Waals surface area contributed by atoms with Gasteiger partial charge < -0.3 is 4.79 Å². The van der Waals surface area contributed by atoms with E-state index in [4.69, 9.17) is 0 Å². The molecule has 0 aliphatic heterocycles. The number of hydrogen-bond donors (Lipinski definition) is 1. The van der Waals surface area contributed by atoms with E-state index in [9.17, 15) is 9.59 Å². The standard InChI is InChI=1S/C7H12O2S/c1-3-6(7(9)10)4-5(2)8/h6H,3-4H2,1-2H3,(H,9,10). The Hall–Kier alpha value is -0.310. The van der Waals surface area contributed by atoms with Crippen LogP contribution in [0.1, 0.15) is 26.7 Å². The predicted octanol–water partition coefficient (Wildman–Crippen LogP) is 1.45. The third-order valence-electron chi connectivity index (χ3n) is 1.38. The summed E-state index contributed by atoms with van der Waals surface area (Å²) < 4.78 is 0. The van der Waals surface area contributed by atoms with Gasteiger partial charge in [0, 0.05) is 12.3 Å². The van der Waals surface area contributed by atoms with Gasteiger partial charge in [0.05, 0.1) is 0 Å². The highest BCUT2D eigenvalue weighted by molar-refractivity contribution is 7.96. The zero-order chi connectivity index (χ0) is 8.15. The molecule has 0 spiro atoms. The molecule has 0 rings (SSSR count). The van der Waals surface area contributed by atoms with Crippen LogP contribution in [0.25, 0.3) is 0 Å². The van der Waals surface area contributed by atoms with Gasteiger partial charge in [0.1, 0.15) is 5.78 Å². The second kappa shape index (κ2) is 4.50. The monoisotopic (exact) mass is 160 g/mol. The molecule has 0 fully saturated rings. The molecule has 0 aliphatic carbocycles. The van der Waals surface area contributed by atoms with Crippen molar-refractivity contribution < 1.29 is 9.59 Å². The van der Waals surface area contributed by atoms with E-state index in [-0.39, 0.29) is 16.8 Å². The first-order valence-electron chi connectivity index (χ1n) is 3.30. The number of rotatable bonds is 4. The first-order valence-corrected chi connectivity index (χ1v) is 3.74. The quantitative estimate of drug-likeness (QED) is 0.631. The van der Waals surface area contributed by atoms with Crippen LogP contribution in [0, 0.1) is 5.92 Å². The lowest BCUT2D eigenvalue weighted by Gasteiger charge is -2.05. The molecule has 0 aliphatic rings. The van der Waals surface area contributed by atoms with E-state index in [0.717, 1.165) is 0 Å². The van der Waals surface area contributed by atoms with Crippen LogP contribution in [-0.4, -0.2) is 10.9 Å². The third kappa shape index (κ3) is 3.67. The summed E-state index contributed by atoms with van der Waals surface area (Å²) in [6.07, 6.45) is 1.03. The Kier molecular flexibility index (Phi) is 4.36. The summed E-state index contributed by atoms with van der Waals surface area (Å²) in [4.78, 5) is 21.2. The van der Waals surface area contributed by atoms with Crippen LogP contribution in [-0.2, 0) is 9.59 Å². The van der Waals surface area contributed by atoms with Gasteiger partial charge in [0.2, 0.25) is 0 Å². The maximum absolute atomic E-state index is 10.6. The van der Waals surface area contributed by atoms with Crippen molar-refractivity contribution in [3.05, 3.63) is 0 Å². The van der Waals surface area contributed by atoms with Crippen molar-refractivity contribution in [2.24, 2.45) is 5.92 Å². The molecule has 0 radical (unpaired) electrons. The highest BCUT2D eigenvalue weighted by Crippen LogP contribution is 2.11. The van der Waals surface area contributed by atoms with Gasteiger partial charge in [-0.25, -0.2) is 0 Å². The summed E-state index contributed by atoms with van der Waals surface area (Å²) in [7, 11) is 0. The summed E-state index contributed by atoms with van der Waals surface area (Å²) in [6.45, 7) is 3.36. The number of carbonyl (C=O) groups is 2. The fraction of sp³-hybridized carbons (Fsp3) is 0.714. The molecule has 58 valence electrons. The van der Waals surface area contributed by atoms with E-state index in [1.165, 1.54) is 6.92 Å². The van der Waals surface area contributed by atoms with E-state index in [1.54, 1.807) is 0 Å². The number of ketones is 1. The third-order valence-corrected chi connectivity index (χ3v) is 1.74. The van der Waals surface area contributed by atoms with Gasteiger partial charge in [0.25, 0.3) is 0 Å². The van der Waals surface area contributed by atoms with Crippen molar-refractivity contribution in [3.63, 3.8) is 0 Å². The van der Waals surface area contributed by atoms with E-state index in [2.05, 4.69) is 12.6 Å². The van der Waals surface area contributed by atoms with Crippen molar-refractivity contribution >= 4 is 23.5 Å². The molecule has 0 bridgehead atoms. The molecule has 0 heterocycles. The average Bonchev–Trinajstić information content (AvgIpc) is 1.81. The van der Waals surface area contributed by atoms with Crippen LogP contribution < -0.4 is 0 Å². The van der Waals surface area contributed by atoms with Crippen LogP contribution in [0.3, 0.4) is 0 Å². The minimum Gasteiger partial charge on any atom is -0.300 e.